The van der Waals surface area contributed by atoms with E-state index in [0.717, 1.165) is 72.0 Å². The topological polar surface area (TPSA) is 44.8 Å². The number of hydrogen-bond acceptors (Lipinski definition) is 5. The summed E-state index contributed by atoms with van der Waals surface area (Å²) in [6.07, 6.45) is 0.942. The molecule has 0 bridgehead atoms. The van der Waals surface area contributed by atoms with Crippen molar-refractivity contribution in [1.29, 1.82) is 0 Å². The zero-order chi connectivity index (χ0) is 24.3. The Bertz CT molecular complexity index is 1100. The lowest BCUT2D eigenvalue weighted by atomic mass is 9.73. The van der Waals surface area contributed by atoms with E-state index in [1.165, 1.54) is 0 Å². The molecule has 0 saturated heterocycles. The minimum atomic E-state index is -0.718. The second kappa shape index (κ2) is 9.90. The molecule has 178 valence electrons. The minimum Gasteiger partial charge on any atom is -0.456 e. The van der Waals surface area contributed by atoms with Crippen LogP contribution in [-0.2, 0) is 5.54 Å². The van der Waals surface area contributed by atoms with E-state index in [9.17, 15) is 4.79 Å². The molecule has 4 rings (SSSR count). The summed E-state index contributed by atoms with van der Waals surface area (Å²) in [5, 5.41) is 3.61. The number of carbonyl (C=O) groups excluding carboxylic acids is 1. The van der Waals surface area contributed by atoms with E-state index in [-0.39, 0.29) is 0 Å². The maximum atomic E-state index is 12.1. The minimum absolute atomic E-state index is 0.663. The molecule has 0 aliphatic carbocycles. The molecule has 34 heavy (non-hydrogen) atoms. The van der Waals surface area contributed by atoms with Gasteiger partial charge in [-0.25, -0.2) is 0 Å². The molecule has 1 aliphatic rings. The molecule has 0 unspecified atom stereocenters. The van der Waals surface area contributed by atoms with Crippen molar-refractivity contribution in [2.45, 2.75) is 33.2 Å². The van der Waals surface area contributed by atoms with Crippen LogP contribution in [0.4, 0.5) is 11.4 Å². The Morgan fingerprint density at radius 1 is 0.765 bits per heavy atom. The lowest BCUT2D eigenvalue weighted by molar-refractivity contribution is 0.112. The van der Waals surface area contributed by atoms with Crippen LogP contribution in [0.15, 0.2) is 60.7 Å². The zero-order valence-electron chi connectivity index (χ0n) is 20.9. The first-order valence-corrected chi connectivity index (χ1v) is 12.3. The lowest BCUT2D eigenvalue weighted by Gasteiger charge is -2.42. The number of hydrogen-bond donors (Lipinski definition) is 1. The molecule has 0 saturated carbocycles. The van der Waals surface area contributed by atoms with Gasteiger partial charge in [-0.2, -0.15) is 0 Å². The van der Waals surface area contributed by atoms with Gasteiger partial charge in [0, 0.05) is 66.4 Å². The molecular weight excluding hydrogens is 422 g/mol. The summed E-state index contributed by atoms with van der Waals surface area (Å²) < 4.78 is 6.61. The Labute approximate surface area is 203 Å². The van der Waals surface area contributed by atoms with Crippen molar-refractivity contribution in [3.8, 4) is 11.5 Å². The van der Waals surface area contributed by atoms with Crippen molar-refractivity contribution in [2.24, 2.45) is 0 Å². The molecule has 1 N–H and O–H groups in total. The number of ether oxygens (including phenoxy) is 1. The van der Waals surface area contributed by atoms with Gasteiger partial charge in [-0.15, -0.1) is 0 Å². The summed E-state index contributed by atoms with van der Waals surface area (Å²) in [6.45, 7) is 12.3. The number of fused-ring (bicyclic) bond motifs is 2. The van der Waals surface area contributed by atoms with E-state index in [1.807, 2.05) is 31.3 Å². The van der Waals surface area contributed by atoms with E-state index in [2.05, 4.69) is 79.2 Å². The highest BCUT2D eigenvalue weighted by Crippen LogP contribution is 2.52. The molecule has 1 aliphatic heterocycles. The van der Waals surface area contributed by atoms with Crippen LogP contribution >= 0.6 is 0 Å². The first kappa shape index (κ1) is 23.8. The third-order valence-corrected chi connectivity index (χ3v) is 7.08. The number of benzene rings is 3. The first-order valence-electron chi connectivity index (χ1n) is 12.3. The maximum Gasteiger partial charge on any atom is 0.150 e. The van der Waals surface area contributed by atoms with Gasteiger partial charge < -0.3 is 19.9 Å². The smallest absolute Gasteiger partial charge is 0.150 e. The SMILES string of the molecule is CCN(CC)c1ccc2c(c1)Oc1cc(N(CC)CC)ccc1C2(NC)c1ccccc1C=O. The molecule has 0 spiro atoms. The molecule has 0 amide bonds. The largest absolute Gasteiger partial charge is 0.456 e. The molecule has 3 aromatic rings. The number of nitrogens with one attached hydrogen (secondary N) is 1. The normalized spacial score (nSPS) is 13.4. The number of aldehydes is 1. The maximum absolute atomic E-state index is 12.1. The van der Waals surface area contributed by atoms with Crippen LogP contribution in [0.2, 0.25) is 0 Å². The van der Waals surface area contributed by atoms with Crippen molar-refractivity contribution < 1.29 is 9.53 Å². The highest BCUT2D eigenvalue weighted by atomic mass is 16.5. The van der Waals surface area contributed by atoms with Crippen LogP contribution in [0, 0.1) is 0 Å². The predicted molar refractivity (Wildman–Crippen MR) is 141 cm³/mol. The van der Waals surface area contributed by atoms with E-state index < -0.39 is 5.54 Å². The van der Waals surface area contributed by atoms with Gasteiger partial charge in [-0.1, -0.05) is 36.4 Å². The molecule has 1 heterocycles. The van der Waals surface area contributed by atoms with E-state index in [0.29, 0.717) is 5.56 Å². The Morgan fingerprint density at radius 3 is 1.71 bits per heavy atom. The van der Waals surface area contributed by atoms with E-state index >= 15 is 0 Å². The number of anilines is 2. The Hall–Kier alpha value is -3.31. The number of nitrogens with zero attached hydrogens (tertiary/aromatic N) is 2. The van der Waals surface area contributed by atoms with Crippen molar-refractivity contribution in [3.63, 3.8) is 0 Å². The number of rotatable bonds is 9. The van der Waals surface area contributed by atoms with E-state index in [1.54, 1.807) is 0 Å². The fourth-order valence-electron chi connectivity index (χ4n) is 5.28. The van der Waals surface area contributed by atoms with Crippen molar-refractivity contribution >= 4 is 17.7 Å². The van der Waals surface area contributed by atoms with Crippen LogP contribution in [0.5, 0.6) is 11.5 Å². The van der Waals surface area contributed by atoms with Crippen molar-refractivity contribution in [3.05, 3.63) is 82.9 Å². The average molecular weight is 458 g/mol. The average Bonchev–Trinajstić information content (AvgIpc) is 2.88. The Balaban J connectivity index is 2.02. The van der Waals surface area contributed by atoms with Gasteiger partial charge in [-0.3, -0.25) is 4.79 Å². The van der Waals surface area contributed by atoms with Gasteiger partial charge >= 0.3 is 0 Å². The van der Waals surface area contributed by atoms with Crippen LogP contribution in [0.3, 0.4) is 0 Å². The zero-order valence-corrected chi connectivity index (χ0v) is 20.9. The summed E-state index contributed by atoms with van der Waals surface area (Å²) in [4.78, 5) is 16.7. The van der Waals surface area contributed by atoms with Crippen LogP contribution in [0.25, 0.3) is 0 Å². The number of carbonyl (C=O) groups is 1. The predicted octanol–water partition coefficient (Wildman–Crippen LogP) is 5.81. The quantitative estimate of drug-likeness (QED) is 0.411. The molecule has 0 fully saturated rings. The highest BCUT2D eigenvalue weighted by molar-refractivity contribution is 5.81. The van der Waals surface area contributed by atoms with Gasteiger partial charge in [0.2, 0.25) is 0 Å². The molecule has 3 aromatic carbocycles. The standard InChI is InChI=1S/C29H35N3O2/c1-6-31(7-2)22-14-16-25-27(18-22)34-28-19-23(32(8-3)9-4)15-17-26(28)29(25,30-5)24-13-11-10-12-21(24)20-33/h10-20,30H,6-9H2,1-5H3. The second-order valence-corrected chi connectivity index (χ2v) is 8.51. The summed E-state index contributed by atoms with van der Waals surface area (Å²) in [7, 11) is 1.96. The van der Waals surface area contributed by atoms with Crippen LogP contribution in [-0.4, -0.2) is 39.5 Å². The van der Waals surface area contributed by atoms with Gasteiger partial charge in [0.15, 0.2) is 0 Å². The van der Waals surface area contributed by atoms with Crippen LogP contribution < -0.4 is 19.9 Å². The summed E-state index contributed by atoms with van der Waals surface area (Å²) in [6, 6.07) is 20.7. The lowest BCUT2D eigenvalue weighted by Crippen LogP contribution is -2.45. The third-order valence-electron chi connectivity index (χ3n) is 7.08. The third kappa shape index (κ3) is 3.74. The Morgan fingerprint density at radius 2 is 1.26 bits per heavy atom. The molecular formula is C29H35N3O2. The molecule has 5 nitrogen and oxygen atoms in total. The van der Waals surface area contributed by atoms with Crippen molar-refractivity contribution in [2.75, 3.05) is 43.0 Å². The van der Waals surface area contributed by atoms with Crippen molar-refractivity contribution in [1.82, 2.24) is 5.32 Å². The van der Waals surface area contributed by atoms with Crippen LogP contribution in [0.1, 0.15) is 54.7 Å². The summed E-state index contributed by atoms with van der Waals surface area (Å²) in [5.41, 5.74) is 5.12. The Kier molecular flexibility index (Phi) is 6.94. The van der Waals surface area contributed by atoms with Gasteiger partial charge in [0.1, 0.15) is 23.3 Å². The van der Waals surface area contributed by atoms with Gasteiger partial charge in [0.05, 0.1) is 0 Å². The summed E-state index contributed by atoms with van der Waals surface area (Å²) in [5.74, 6) is 1.62. The molecule has 0 aromatic heterocycles. The van der Waals surface area contributed by atoms with Gasteiger partial charge in [0.25, 0.3) is 0 Å². The summed E-state index contributed by atoms with van der Waals surface area (Å²) >= 11 is 0. The first-order chi connectivity index (χ1) is 16.6. The monoisotopic (exact) mass is 457 g/mol. The van der Waals surface area contributed by atoms with E-state index in [4.69, 9.17) is 4.74 Å². The highest BCUT2D eigenvalue weighted by Gasteiger charge is 2.44. The second-order valence-electron chi connectivity index (χ2n) is 8.51. The van der Waals surface area contributed by atoms with Gasteiger partial charge in [-0.05, 0) is 52.4 Å². The fraction of sp³-hybridized carbons (Fsp3) is 0.345. The molecule has 0 radical (unpaired) electrons. The molecule has 0 atom stereocenters. The fourth-order valence-corrected chi connectivity index (χ4v) is 5.28. The molecule has 5 heteroatoms.